The number of ether oxygens (including phenoxy) is 1. The Hall–Kier alpha value is -1.06. The second-order valence-corrected chi connectivity index (χ2v) is 4.02. The van der Waals surface area contributed by atoms with Crippen molar-refractivity contribution in [1.29, 1.82) is 0 Å². The molecule has 0 aromatic heterocycles. The zero-order valence-corrected chi connectivity index (χ0v) is 11.2. The number of carbonyl (C=O) groups excluding carboxylic acids is 1. The largest absolute Gasteiger partial charge is 0.462 e. The minimum absolute atomic E-state index is 0.307. The van der Waals surface area contributed by atoms with Gasteiger partial charge in [-0.25, -0.2) is 9.79 Å². The Morgan fingerprint density at radius 3 is 2.35 bits per heavy atom. The van der Waals surface area contributed by atoms with Crippen LogP contribution in [-0.4, -0.2) is 18.3 Å². The maximum absolute atomic E-state index is 11.6. The highest BCUT2D eigenvalue weighted by atomic mass is 35.5. The van der Waals surface area contributed by atoms with E-state index in [4.69, 9.17) is 27.9 Å². The lowest BCUT2D eigenvalue weighted by molar-refractivity contribution is -0.135. The summed E-state index contributed by atoms with van der Waals surface area (Å²) in [5, 5.41) is 0.820. The van der Waals surface area contributed by atoms with Crippen LogP contribution in [0.2, 0.25) is 10.0 Å². The lowest BCUT2D eigenvalue weighted by atomic mass is 10.2. The summed E-state index contributed by atoms with van der Waals surface area (Å²) in [5.74, 6) is -0.439. The number of rotatable bonds is 4. The van der Waals surface area contributed by atoms with E-state index in [1.165, 1.54) is 0 Å². The second kappa shape index (κ2) is 6.62. The number of nitrogens with zero attached hydrogens (tertiary/aromatic N) is 1. The molecule has 0 saturated heterocycles. The van der Waals surface area contributed by atoms with E-state index in [2.05, 4.69) is 4.99 Å². The summed E-state index contributed by atoms with van der Waals surface area (Å²) in [7, 11) is 0. The molecule has 92 valence electrons. The molecule has 0 heterocycles. The molecule has 0 fully saturated rings. The Kier molecular flexibility index (Phi) is 5.45. The number of para-hydroxylation sites is 1. The second-order valence-electron chi connectivity index (χ2n) is 3.20. The van der Waals surface area contributed by atoms with Crippen LogP contribution in [0.3, 0.4) is 0 Å². The molecule has 0 N–H and O–H groups in total. The van der Waals surface area contributed by atoms with Crippen LogP contribution >= 0.6 is 23.2 Å². The van der Waals surface area contributed by atoms with E-state index in [1.807, 2.05) is 6.92 Å². The summed E-state index contributed by atoms with van der Waals surface area (Å²) in [6.07, 6.45) is 0.459. The maximum atomic E-state index is 11.6. The maximum Gasteiger partial charge on any atom is 0.352 e. The molecule has 1 aromatic carbocycles. The predicted molar refractivity (Wildman–Crippen MR) is 70.5 cm³/mol. The fourth-order valence-electron chi connectivity index (χ4n) is 1.21. The summed E-state index contributed by atoms with van der Waals surface area (Å²) >= 11 is 11.9. The van der Waals surface area contributed by atoms with E-state index in [9.17, 15) is 4.79 Å². The number of aliphatic imine (C=N–C) groups is 1. The molecule has 0 unspecified atom stereocenters. The van der Waals surface area contributed by atoms with Crippen LogP contribution in [0.4, 0.5) is 5.69 Å². The number of hydrogen-bond donors (Lipinski definition) is 0. The Morgan fingerprint density at radius 2 is 1.88 bits per heavy atom. The molecule has 5 heteroatoms. The third-order valence-electron chi connectivity index (χ3n) is 2.03. The number of halogens is 2. The van der Waals surface area contributed by atoms with E-state index in [1.54, 1.807) is 25.1 Å². The smallest absolute Gasteiger partial charge is 0.352 e. The van der Waals surface area contributed by atoms with Gasteiger partial charge >= 0.3 is 5.97 Å². The first kappa shape index (κ1) is 14.0. The molecule has 1 aromatic rings. The normalized spacial score (nSPS) is 11.4. The van der Waals surface area contributed by atoms with Crippen molar-refractivity contribution in [2.45, 2.75) is 20.3 Å². The van der Waals surface area contributed by atoms with Gasteiger partial charge < -0.3 is 4.74 Å². The Bertz CT molecular complexity index is 424. The highest BCUT2D eigenvalue weighted by Crippen LogP contribution is 2.32. The molecule has 0 saturated carbocycles. The van der Waals surface area contributed by atoms with Gasteiger partial charge in [-0.05, 0) is 25.5 Å². The lowest BCUT2D eigenvalue weighted by Crippen LogP contribution is -2.16. The van der Waals surface area contributed by atoms with E-state index < -0.39 is 5.97 Å². The molecule has 17 heavy (non-hydrogen) atoms. The van der Waals surface area contributed by atoms with Crippen molar-refractivity contribution in [3.05, 3.63) is 28.2 Å². The lowest BCUT2D eigenvalue weighted by Gasteiger charge is -2.05. The summed E-state index contributed by atoms with van der Waals surface area (Å²) in [6, 6.07) is 5.06. The zero-order chi connectivity index (χ0) is 12.8. The third kappa shape index (κ3) is 3.72. The van der Waals surface area contributed by atoms with Crippen molar-refractivity contribution in [1.82, 2.24) is 0 Å². The van der Waals surface area contributed by atoms with E-state index in [-0.39, 0.29) is 0 Å². The van der Waals surface area contributed by atoms with Crippen molar-refractivity contribution in [3.63, 3.8) is 0 Å². The van der Waals surface area contributed by atoms with Gasteiger partial charge in [-0.3, -0.25) is 0 Å². The van der Waals surface area contributed by atoms with Gasteiger partial charge in [0.25, 0.3) is 0 Å². The highest BCUT2D eigenvalue weighted by molar-refractivity contribution is 6.41. The number of benzene rings is 1. The SMILES string of the molecule is CCOC(=O)/C(CC)=N\c1c(Cl)cccc1Cl. The van der Waals surface area contributed by atoms with Crippen LogP contribution in [0.15, 0.2) is 23.2 Å². The first-order chi connectivity index (χ1) is 8.10. The summed E-state index contributed by atoms with van der Waals surface area (Å²) in [5.41, 5.74) is 0.711. The standard InChI is InChI=1S/C12H13Cl2NO2/c1-3-10(12(16)17-4-2)15-11-8(13)6-5-7-9(11)14/h5-7H,3-4H2,1-2H3/b15-10-. The van der Waals surface area contributed by atoms with Gasteiger partial charge in [0, 0.05) is 0 Å². The predicted octanol–water partition coefficient (Wildman–Crippen LogP) is 4.04. The number of hydrogen-bond acceptors (Lipinski definition) is 3. The van der Waals surface area contributed by atoms with E-state index in [0.717, 1.165) is 0 Å². The van der Waals surface area contributed by atoms with Crippen LogP contribution in [-0.2, 0) is 9.53 Å². The van der Waals surface area contributed by atoms with Crippen LogP contribution in [0.25, 0.3) is 0 Å². The molecule has 0 aliphatic carbocycles. The van der Waals surface area contributed by atoms with Gasteiger partial charge in [-0.1, -0.05) is 36.2 Å². The van der Waals surface area contributed by atoms with Crippen molar-refractivity contribution in [2.24, 2.45) is 4.99 Å². The first-order valence-corrected chi connectivity index (χ1v) is 6.04. The summed E-state index contributed by atoms with van der Waals surface area (Å²) in [6.45, 7) is 3.88. The molecule has 0 aliphatic rings. The minimum atomic E-state index is -0.439. The topological polar surface area (TPSA) is 38.7 Å². The highest BCUT2D eigenvalue weighted by Gasteiger charge is 2.12. The average molecular weight is 274 g/mol. The van der Waals surface area contributed by atoms with Crippen molar-refractivity contribution < 1.29 is 9.53 Å². The quantitative estimate of drug-likeness (QED) is 0.614. The van der Waals surface area contributed by atoms with Gasteiger partial charge in [0.15, 0.2) is 0 Å². The number of carbonyl (C=O) groups is 1. The third-order valence-corrected chi connectivity index (χ3v) is 2.64. The molecule has 0 radical (unpaired) electrons. The molecule has 0 aliphatic heterocycles. The number of esters is 1. The monoisotopic (exact) mass is 273 g/mol. The van der Waals surface area contributed by atoms with E-state index >= 15 is 0 Å². The Morgan fingerprint density at radius 1 is 1.29 bits per heavy atom. The van der Waals surface area contributed by atoms with Crippen LogP contribution < -0.4 is 0 Å². The first-order valence-electron chi connectivity index (χ1n) is 5.28. The van der Waals surface area contributed by atoms with Crippen LogP contribution in [0, 0.1) is 0 Å². The average Bonchev–Trinajstić information content (AvgIpc) is 2.29. The fourth-order valence-corrected chi connectivity index (χ4v) is 1.70. The van der Waals surface area contributed by atoms with Gasteiger partial charge in [-0.15, -0.1) is 0 Å². The molecule has 0 atom stereocenters. The molecular formula is C12H13Cl2NO2. The van der Waals surface area contributed by atoms with Crippen LogP contribution in [0.5, 0.6) is 0 Å². The molecule has 0 amide bonds. The van der Waals surface area contributed by atoms with E-state index in [0.29, 0.717) is 34.5 Å². The minimum Gasteiger partial charge on any atom is -0.462 e. The van der Waals surface area contributed by atoms with Gasteiger partial charge in [0.2, 0.25) is 0 Å². The molecule has 0 bridgehead atoms. The van der Waals surface area contributed by atoms with Gasteiger partial charge in [0.05, 0.1) is 16.7 Å². The molecule has 0 spiro atoms. The van der Waals surface area contributed by atoms with Crippen molar-refractivity contribution >= 4 is 40.6 Å². The van der Waals surface area contributed by atoms with Gasteiger partial charge in [-0.2, -0.15) is 0 Å². The molecule has 1 rings (SSSR count). The Balaban J connectivity index is 3.10. The molecule has 3 nitrogen and oxygen atoms in total. The zero-order valence-electron chi connectivity index (χ0n) is 9.67. The van der Waals surface area contributed by atoms with Crippen LogP contribution in [0.1, 0.15) is 20.3 Å². The van der Waals surface area contributed by atoms with Crippen molar-refractivity contribution in [2.75, 3.05) is 6.61 Å². The fraction of sp³-hybridized carbons (Fsp3) is 0.333. The Labute approximate surface area is 110 Å². The summed E-state index contributed by atoms with van der Waals surface area (Å²) in [4.78, 5) is 15.7. The molecular weight excluding hydrogens is 261 g/mol. The van der Waals surface area contributed by atoms with Crippen molar-refractivity contribution in [3.8, 4) is 0 Å². The summed E-state index contributed by atoms with van der Waals surface area (Å²) < 4.78 is 4.89. The van der Waals surface area contributed by atoms with Gasteiger partial charge in [0.1, 0.15) is 11.4 Å².